The molecule has 3 amide bonds. The van der Waals surface area contributed by atoms with Crippen molar-refractivity contribution in [3.8, 4) is 23.8 Å². The van der Waals surface area contributed by atoms with Gasteiger partial charge in [0.2, 0.25) is 5.91 Å². The van der Waals surface area contributed by atoms with Crippen molar-refractivity contribution in [1.82, 2.24) is 9.80 Å². The van der Waals surface area contributed by atoms with Crippen LogP contribution in [-0.4, -0.2) is 59.7 Å². The SMILES string of the molecule is C#CCOc1c(CC=C)cc(C=C2SC(=O)N(CC(=O)N3CCCCCC3)C2=O)cc1OCC. The van der Waals surface area contributed by atoms with Gasteiger partial charge in [-0.1, -0.05) is 24.8 Å². The summed E-state index contributed by atoms with van der Waals surface area (Å²) in [6, 6.07) is 3.60. The molecular formula is C26H30N2O5S. The fraction of sp³-hybridized carbons (Fsp3) is 0.423. The minimum absolute atomic E-state index is 0.0908. The van der Waals surface area contributed by atoms with Gasteiger partial charge in [-0.2, -0.15) is 0 Å². The van der Waals surface area contributed by atoms with Gasteiger partial charge in [0, 0.05) is 18.7 Å². The van der Waals surface area contributed by atoms with Crippen molar-refractivity contribution in [3.05, 3.63) is 40.8 Å². The lowest BCUT2D eigenvalue weighted by Crippen LogP contribution is -2.42. The fourth-order valence-electron chi connectivity index (χ4n) is 3.96. The number of amides is 3. The highest BCUT2D eigenvalue weighted by molar-refractivity contribution is 8.18. The van der Waals surface area contributed by atoms with Crippen molar-refractivity contribution in [1.29, 1.82) is 0 Å². The Morgan fingerprint density at radius 2 is 1.94 bits per heavy atom. The predicted octanol–water partition coefficient (Wildman–Crippen LogP) is 4.26. The van der Waals surface area contributed by atoms with Gasteiger partial charge in [-0.25, -0.2) is 0 Å². The summed E-state index contributed by atoms with van der Waals surface area (Å²) in [6.45, 7) is 7.27. The molecule has 2 aliphatic heterocycles. The molecule has 3 rings (SSSR count). The van der Waals surface area contributed by atoms with Crippen molar-refractivity contribution in [2.75, 3.05) is 32.8 Å². The Hall–Kier alpha value is -3.18. The largest absolute Gasteiger partial charge is 0.490 e. The minimum atomic E-state index is -0.464. The summed E-state index contributed by atoms with van der Waals surface area (Å²) < 4.78 is 11.5. The van der Waals surface area contributed by atoms with Crippen molar-refractivity contribution >= 4 is 34.9 Å². The molecule has 0 unspecified atom stereocenters. The number of benzene rings is 1. The molecule has 0 saturated carbocycles. The molecule has 2 fully saturated rings. The highest BCUT2D eigenvalue weighted by atomic mass is 32.2. The third-order valence-electron chi connectivity index (χ3n) is 5.54. The molecule has 0 aliphatic carbocycles. The van der Waals surface area contributed by atoms with Crippen LogP contribution in [0.25, 0.3) is 6.08 Å². The van der Waals surface area contributed by atoms with Crippen LogP contribution in [0.4, 0.5) is 4.79 Å². The van der Waals surface area contributed by atoms with Crippen molar-refractivity contribution < 1.29 is 23.9 Å². The molecule has 2 saturated heterocycles. The first-order chi connectivity index (χ1) is 16.5. The summed E-state index contributed by atoms with van der Waals surface area (Å²) >= 11 is 0.835. The topological polar surface area (TPSA) is 76.2 Å². The van der Waals surface area contributed by atoms with Crippen LogP contribution in [0.3, 0.4) is 0 Å². The second-order valence-electron chi connectivity index (χ2n) is 7.99. The van der Waals surface area contributed by atoms with E-state index < -0.39 is 11.1 Å². The van der Waals surface area contributed by atoms with E-state index in [9.17, 15) is 14.4 Å². The Kier molecular flexibility index (Phi) is 9.23. The van der Waals surface area contributed by atoms with E-state index in [-0.39, 0.29) is 24.0 Å². The minimum Gasteiger partial charge on any atom is -0.490 e. The van der Waals surface area contributed by atoms with Crippen LogP contribution in [0.15, 0.2) is 29.7 Å². The van der Waals surface area contributed by atoms with Gasteiger partial charge in [-0.3, -0.25) is 19.3 Å². The zero-order chi connectivity index (χ0) is 24.5. The van der Waals surface area contributed by atoms with Crippen molar-refractivity contribution in [2.24, 2.45) is 0 Å². The maximum absolute atomic E-state index is 13.0. The third-order valence-corrected chi connectivity index (χ3v) is 6.45. The van der Waals surface area contributed by atoms with Crippen LogP contribution in [-0.2, 0) is 16.0 Å². The summed E-state index contributed by atoms with van der Waals surface area (Å²) in [7, 11) is 0. The fourth-order valence-corrected chi connectivity index (χ4v) is 4.80. The standard InChI is InChI=1S/C26H30N2O5S/c1-4-11-20-15-19(16-21(32-6-3)24(20)33-14-5-2)17-22-25(30)28(26(31)34-22)18-23(29)27-12-9-7-8-10-13-27/h2,4,15-17H,1,6-14,18H2,3H3. The summed E-state index contributed by atoms with van der Waals surface area (Å²) in [5.74, 6) is 2.83. The van der Waals surface area contributed by atoms with Gasteiger partial charge in [0.25, 0.3) is 11.1 Å². The van der Waals surface area contributed by atoms with E-state index >= 15 is 0 Å². The molecule has 8 heteroatoms. The van der Waals surface area contributed by atoms with E-state index in [2.05, 4.69) is 12.5 Å². The zero-order valence-electron chi connectivity index (χ0n) is 19.5. The number of hydrogen-bond donors (Lipinski definition) is 0. The van der Waals surface area contributed by atoms with Crippen LogP contribution in [0.2, 0.25) is 0 Å². The number of allylic oxidation sites excluding steroid dienone is 1. The Morgan fingerprint density at radius 3 is 2.59 bits per heavy atom. The van der Waals surface area contributed by atoms with Crippen LogP contribution >= 0.6 is 11.8 Å². The molecule has 180 valence electrons. The quantitative estimate of drug-likeness (QED) is 0.297. The van der Waals surface area contributed by atoms with E-state index in [0.717, 1.165) is 47.9 Å². The van der Waals surface area contributed by atoms with Crippen LogP contribution < -0.4 is 9.47 Å². The summed E-state index contributed by atoms with van der Waals surface area (Å²) in [4.78, 5) is 41.3. The molecule has 0 atom stereocenters. The number of likely N-dealkylation sites (tertiary alicyclic amines) is 1. The van der Waals surface area contributed by atoms with Gasteiger partial charge in [0.05, 0.1) is 11.5 Å². The lowest BCUT2D eigenvalue weighted by atomic mass is 10.0. The monoisotopic (exact) mass is 482 g/mol. The number of terminal acetylenes is 1. The van der Waals surface area contributed by atoms with Gasteiger partial charge >= 0.3 is 0 Å². The molecular weight excluding hydrogens is 452 g/mol. The number of imide groups is 1. The average molecular weight is 483 g/mol. The third kappa shape index (κ3) is 6.23. The summed E-state index contributed by atoms with van der Waals surface area (Å²) in [6.07, 6.45) is 13.3. The molecule has 34 heavy (non-hydrogen) atoms. The van der Waals surface area contributed by atoms with E-state index in [0.29, 0.717) is 43.2 Å². The van der Waals surface area contributed by atoms with Gasteiger partial charge < -0.3 is 14.4 Å². The lowest BCUT2D eigenvalue weighted by molar-refractivity contribution is -0.135. The summed E-state index contributed by atoms with van der Waals surface area (Å²) in [5, 5.41) is -0.440. The number of nitrogens with zero attached hydrogens (tertiary/aromatic N) is 2. The van der Waals surface area contributed by atoms with Gasteiger partial charge in [-0.05, 0) is 61.7 Å². The smallest absolute Gasteiger partial charge is 0.294 e. The Bertz CT molecular complexity index is 1020. The number of hydrogen-bond acceptors (Lipinski definition) is 6. The highest BCUT2D eigenvalue weighted by Crippen LogP contribution is 2.37. The second-order valence-corrected chi connectivity index (χ2v) is 8.98. The second kappa shape index (κ2) is 12.3. The van der Waals surface area contributed by atoms with Crippen LogP contribution in [0.1, 0.15) is 43.7 Å². The molecule has 0 radical (unpaired) electrons. The van der Waals surface area contributed by atoms with Crippen LogP contribution in [0.5, 0.6) is 11.5 Å². The number of ether oxygens (including phenoxy) is 2. The number of carbonyl (C=O) groups excluding carboxylic acids is 3. The predicted molar refractivity (Wildman–Crippen MR) is 134 cm³/mol. The molecule has 0 N–H and O–H groups in total. The molecule has 7 nitrogen and oxygen atoms in total. The molecule has 1 aromatic carbocycles. The Morgan fingerprint density at radius 1 is 1.21 bits per heavy atom. The van der Waals surface area contributed by atoms with Crippen molar-refractivity contribution in [2.45, 2.75) is 39.0 Å². The normalized spacial score (nSPS) is 17.5. The molecule has 0 aromatic heterocycles. The number of thioether (sulfide) groups is 1. The zero-order valence-corrected chi connectivity index (χ0v) is 20.3. The Labute approximate surface area is 205 Å². The average Bonchev–Trinajstić information content (AvgIpc) is 3.00. The first-order valence-electron chi connectivity index (χ1n) is 11.5. The van der Waals surface area contributed by atoms with E-state index in [1.807, 2.05) is 13.0 Å². The highest BCUT2D eigenvalue weighted by Gasteiger charge is 2.37. The lowest BCUT2D eigenvalue weighted by Gasteiger charge is -2.22. The first kappa shape index (κ1) is 25.4. The molecule has 2 aliphatic rings. The molecule has 2 heterocycles. The molecule has 0 bridgehead atoms. The van der Waals surface area contributed by atoms with Gasteiger partial charge in [0.1, 0.15) is 13.2 Å². The number of carbonyl (C=O) groups is 3. The maximum Gasteiger partial charge on any atom is 0.294 e. The maximum atomic E-state index is 13.0. The van der Waals surface area contributed by atoms with E-state index in [4.69, 9.17) is 15.9 Å². The Balaban J connectivity index is 1.83. The van der Waals surface area contributed by atoms with Gasteiger partial charge in [-0.15, -0.1) is 13.0 Å². The van der Waals surface area contributed by atoms with E-state index in [1.165, 1.54) is 0 Å². The van der Waals surface area contributed by atoms with Crippen LogP contribution in [0, 0.1) is 12.3 Å². The number of rotatable bonds is 9. The van der Waals surface area contributed by atoms with Gasteiger partial charge in [0.15, 0.2) is 11.5 Å². The van der Waals surface area contributed by atoms with E-state index in [1.54, 1.807) is 23.1 Å². The summed E-state index contributed by atoms with van der Waals surface area (Å²) in [5.41, 5.74) is 1.48. The molecule has 1 aromatic rings. The molecule has 0 spiro atoms. The van der Waals surface area contributed by atoms with Crippen molar-refractivity contribution in [3.63, 3.8) is 0 Å². The first-order valence-corrected chi connectivity index (χ1v) is 12.3.